The van der Waals surface area contributed by atoms with Crippen LogP contribution in [0, 0.1) is 40.5 Å². The van der Waals surface area contributed by atoms with Crippen molar-refractivity contribution >= 4 is 10.0 Å². The van der Waals surface area contributed by atoms with Gasteiger partial charge in [0, 0.05) is 19.6 Å². The van der Waals surface area contributed by atoms with Gasteiger partial charge < -0.3 is 20.3 Å². The Morgan fingerprint density at radius 2 is 1.50 bits per heavy atom. The van der Waals surface area contributed by atoms with Crippen molar-refractivity contribution in [2.45, 2.75) is 58.5 Å². The van der Waals surface area contributed by atoms with Gasteiger partial charge in [0.25, 0.3) is 0 Å². The van der Waals surface area contributed by atoms with Crippen LogP contribution in [-0.4, -0.2) is 61.8 Å². The highest BCUT2D eigenvalue weighted by Gasteiger charge is 2.32. The van der Waals surface area contributed by atoms with Crippen LogP contribution in [0.1, 0.15) is 40.7 Å². The van der Waals surface area contributed by atoms with Gasteiger partial charge in [-0.25, -0.2) is 8.42 Å². The van der Waals surface area contributed by atoms with E-state index in [1.165, 1.54) is 12.1 Å². The Morgan fingerprint density at radius 1 is 0.971 bits per heavy atom. The van der Waals surface area contributed by atoms with Crippen molar-refractivity contribution < 1.29 is 23.4 Å². The number of aliphatic hydroxyl groups is 1. The van der Waals surface area contributed by atoms with E-state index in [0.29, 0.717) is 36.2 Å². The van der Waals surface area contributed by atoms with Crippen molar-refractivity contribution in [2.75, 3.05) is 32.8 Å². The molecule has 1 fully saturated rings. The molecule has 0 radical (unpaired) electrons. The predicted octanol–water partition coefficient (Wildman–Crippen LogP) is 3.36. The molecule has 0 aliphatic carbocycles. The normalized spacial score (nSPS) is 16.5. The molecule has 0 spiro atoms. The number of sulfonamides is 1. The molecule has 2 aromatic rings. The summed E-state index contributed by atoms with van der Waals surface area (Å²) in [5.74, 6) is 1.12. The molecule has 1 atom stereocenters. The van der Waals surface area contributed by atoms with Crippen LogP contribution in [0.25, 0.3) is 0 Å². The number of aliphatic hydroxyl groups excluding tert-OH is 1. The summed E-state index contributed by atoms with van der Waals surface area (Å²) in [6.45, 7) is 12.2. The highest BCUT2D eigenvalue weighted by molar-refractivity contribution is 7.89. The quantitative estimate of drug-likeness (QED) is 0.499. The third-order valence-electron chi connectivity index (χ3n) is 7.19. The first kappa shape index (κ1) is 26.5. The van der Waals surface area contributed by atoms with Gasteiger partial charge in [0.05, 0.1) is 4.90 Å². The Morgan fingerprint density at radius 3 is 2.06 bits per heavy atom. The zero-order chi connectivity index (χ0) is 25.0. The second-order valence-corrected chi connectivity index (χ2v) is 11.3. The zero-order valence-electron chi connectivity index (χ0n) is 20.9. The number of nitrogens with zero attached hydrogens (tertiary/aromatic N) is 1. The van der Waals surface area contributed by atoms with Gasteiger partial charge in [-0.3, -0.25) is 0 Å². The van der Waals surface area contributed by atoms with Crippen LogP contribution in [-0.2, 0) is 10.0 Å². The monoisotopic (exact) mass is 490 g/mol. The average Bonchev–Trinajstić information content (AvgIpc) is 2.81. The van der Waals surface area contributed by atoms with Gasteiger partial charge in [0.1, 0.15) is 24.2 Å². The molecule has 7 nitrogen and oxygen atoms in total. The van der Waals surface area contributed by atoms with E-state index in [-0.39, 0.29) is 12.4 Å². The Hall–Kier alpha value is -2.13. The molecule has 0 amide bonds. The number of aromatic hydroxyl groups is 1. The van der Waals surface area contributed by atoms with E-state index in [0.717, 1.165) is 47.2 Å². The summed E-state index contributed by atoms with van der Waals surface area (Å²) in [6, 6.07) is 6.38. The van der Waals surface area contributed by atoms with Crippen LogP contribution in [0.15, 0.2) is 29.2 Å². The van der Waals surface area contributed by atoms with Crippen molar-refractivity contribution in [3.63, 3.8) is 0 Å². The molecule has 3 N–H and O–H groups in total. The molecule has 1 aliphatic heterocycles. The molecule has 0 unspecified atom stereocenters. The Bertz CT molecular complexity index is 1060. The molecule has 0 aromatic heterocycles. The summed E-state index contributed by atoms with van der Waals surface area (Å²) in [5.41, 5.74) is 4.97. The van der Waals surface area contributed by atoms with Gasteiger partial charge in [0.15, 0.2) is 0 Å². The van der Waals surface area contributed by atoms with Gasteiger partial charge in [-0.2, -0.15) is 4.31 Å². The molecule has 34 heavy (non-hydrogen) atoms. The van der Waals surface area contributed by atoms with E-state index in [4.69, 9.17) is 4.74 Å². The number of rotatable bonds is 9. The average molecular weight is 491 g/mol. The molecular formula is C26H38N2O5S. The number of nitrogens with one attached hydrogen (secondary N) is 1. The molecule has 0 bridgehead atoms. The standard InChI is InChI=1S/C26H38N2O5S/c1-17-18(2)20(4)26(21(5)19(17)3)34(31,32)28-12-10-22(11-13-28)14-27-15-24(30)16-33-25-8-6-23(29)7-9-25/h6-9,22,24,27,29-30H,10-16H2,1-5H3/t24-/m1/s1. The zero-order valence-corrected chi connectivity index (χ0v) is 21.7. The summed E-state index contributed by atoms with van der Waals surface area (Å²) < 4.78 is 34.2. The summed E-state index contributed by atoms with van der Waals surface area (Å²) in [4.78, 5) is 0.474. The Balaban J connectivity index is 1.48. The lowest BCUT2D eigenvalue weighted by atomic mass is 9.95. The molecule has 188 valence electrons. The molecule has 1 heterocycles. The largest absolute Gasteiger partial charge is 0.508 e. The van der Waals surface area contributed by atoms with E-state index in [9.17, 15) is 18.6 Å². The number of hydrogen-bond acceptors (Lipinski definition) is 6. The number of benzene rings is 2. The van der Waals surface area contributed by atoms with Crippen LogP contribution in [0.4, 0.5) is 0 Å². The van der Waals surface area contributed by atoms with Crippen LogP contribution in [0.3, 0.4) is 0 Å². The number of ether oxygens (including phenoxy) is 1. The van der Waals surface area contributed by atoms with E-state index < -0.39 is 16.1 Å². The molecule has 1 aliphatic rings. The van der Waals surface area contributed by atoms with E-state index >= 15 is 0 Å². The van der Waals surface area contributed by atoms with Crippen LogP contribution >= 0.6 is 0 Å². The maximum atomic E-state index is 13.5. The second kappa shape index (κ2) is 11.1. The topological polar surface area (TPSA) is 99.1 Å². The van der Waals surface area contributed by atoms with Crippen molar-refractivity contribution in [1.82, 2.24) is 9.62 Å². The Labute approximate surface area is 203 Å². The van der Waals surface area contributed by atoms with Crippen molar-refractivity contribution in [1.29, 1.82) is 0 Å². The predicted molar refractivity (Wildman–Crippen MR) is 134 cm³/mol. The van der Waals surface area contributed by atoms with Gasteiger partial charge in [-0.1, -0.05) is 0 Å². The minimum atomic E-state index is -3.54. The van der Waals surface area contributed by atoms with Gasteiger partial charge in [0.2, 0.25) is 10.0 Å². The fourth-order valence-electron chi connectivity index (χ4n) is 4.58. The molecule has 0 saturated carbocycles. The van der Waals surface area contributed by atoms with Crippen LogP contribution in [0.2, 0.25) is 0 Å². The first-order valence-electron chi connectivity index (χ1n) is 11.9. The number of phenolic OH excluding ortho intramolecular Hbond substituents is 1. The lowest BCUT2D eigenvalue weighted by molar-refractivity contribution is 0.104. The summed E-state index contributed by atoms with van der Waals surface area (Å²) in [7, 11) is -3.54. The first-order chi connectivity index (χ1) is 16.0. The maximum Gasteiger partial charge on any atom is 0.243 e. The van der Waals surface area contributed by atoms with E-state index in [1.54, 1.807) is 16.4 Å². The maximum absolute atomic E-state index is 13.5. The minimum Gasteiger partial charge on any atom is -0.508 e. The fourth-order valence-corrected chi connectivity index (χ4v) is 6.61. The van der Waals surface area contributed by atoms with Gasteiger partial charge in [-0.05, 0) is 112 Å². The third-order valence-corrected chi connectivity index (χ3v) is 9.37. The molecule has 8 heteroatoms. The first-order valence-corrected chi connectivity index (χ1v) is 13.3. The van der Waals surface area contributed by atoms with Crippen LogP contribution in [0.5, 0.6) is 11.5 Å². The van der Waals surface area contributed by atoms with Gasteiger partial charge >= 0.3 is 0 Å². The summed E-state index contributed by atoms with van der Waals surface area (Å²) in [6.07, 6.45) is 0.913. The molecular weight excluding hydrogens is 452 g/mol. The van der Waals surface area contributed by atoms with E-state index in [1.807, 2.05) is 27.7 Å². The number of hydrogen-bond donors (Lipinski definition) is 3. The van der Waals surface area contributed by atoms with Crippen molar-refractivity contribution in [3.05, 3.63) is 52.1 Å². The highest BCUT2D eigenvalue weighted by Crippen LogP contribution is 2.33. The summed E-state index contributed by atoms with van der Waals surface area (Å²) >= 11 is 0. The molecule has 3 rings (SSSR count). The smallest absolute Gasteiger partial charge is 0.243 e. The lowest BCUT2D eigenvalue weighted by Gasteiger charge is -2.33. The van der Waals surface area contributed by atoms with Gasteiger partial charge in [-0.15, -0.1) is 0 Å². The van der Waals surface area contributed by atoms with E-state index in [2.05, 4.69) is 12.2 Å². The SMILES string of the molecule is Cc1c(C)c(C)c(S(=O)(=O)N2CCC(CNC[C@@H](O)COc3ccc(O)cc3)CC2)c(C)c1C. The highest BCUT2D eigenvalue weighted by atomic mass is 32.2. The third kappa shape index (κ3) is 5.92. The Kier molecular flexibility index (Phi) is 8.62. The molecule has 1 saturated heterocycles. The fraction of sp³-hybridized carbons (Fsp3) is 0.538. The lowest BCUT2D eigenvalue weighted by Crippen LogP contribution is -2.42. The number of piperidine rings is 1. The summed E-state index contributed by atoms with van der Waals surface area (Å²) in [5, 5.41) is 22.7. The van der Waals surface area contributed by atoms with Crippen molar-refractivity contribution in [2.24, 2.45) is 5.92 Å². The second-order valence-electron chi connectivity index (χ2n) is 9.42. The van der Waals surface area contributed by atoms with Crippen molar-refractivity contribution in [3.8, 4) is 11.5 Å². The van der Waals surface area contributed by atoms with Crippen LogP contribution < -0.4 is 10.1 Å². The number of phenols is 1. The molecule has 2 aromatic carbocycles. The minimum absolute atomic E-state index is 0.155.